The van der Waals surface area contributed by atoms with Crippen molar-refractivity contribution in [3.8, 4) is 0 Å². The Kier molecular flexibility index (Phi) is 3.33. The van der Waals surface area contributed by atoms with E-state index in [0.29, 0.717) is 11.7 Å². The van der Waals surface area contributed by atoms with Gasteiger partial charge in [-0.25, -0.2) is 4.98 Å². The van der Waals surface area contributed by atoms with Crippen LogP contribution < -0.4 is 10.2 Å². The van der Waals surface area contributed by atoms with E-state index in [4.69, 9.17) is 0 Å². The molecule has 1 N–H and O–H groups in total. The minimum atomic E-state index is 0.670. The molecule has 0 bridgehead atoms. The average molecular weight is 260 g/mol. The van der Waals surface area contributed by atoms with E-state index in [1.165, 1.54) is 12.8 Å². The number of hydrogen-bond acceptors (Lipinski definition) is 5. The van der Waals surface area contributed by atoms with Crippen LogP contribution in [0.4, 0.5) is 5.82 Å². The van der Waals surface area contributed by atoms with E-state index in [0.717, 1.165) is 31.1 Å². The van der Waals surface area contributed by atoms with E-state index >= 15 is 0 Å². The number of aryl methyl sites for hydroxylation is 1. The minimum absolute atomic E-state index is 0.670. The highest BCUT2D eigenvalue weighted by Crippen LogP contribution is 2.18. The van der Waals surface area contributed by atoms with Crippen LogP contribution in [0, 0.1) is 12.8 Å². The smallest absolute Gasteiger partial charge is 0.254 e. The van der Waals surface area contributed by atoms with Gasteiger partial charge in [0.2, 0.25) is 0 Å². The molecule has 6 heteroatoms. The van der Waals surface area contributed by atoms with Crippen molar-refractivity contribution in [2.24, 2.45) is 5.92 Å². The molecule has 1 aliphatic rings. The van der Waals surface area contributed by atoms with Gasteiger partial charge in [0, 0.05) is 25.4 Å². The molecule has 3 heterocycles. The number of anilines is 1. The third-order valence-corrected chi connectivity index (χ3v) is 3.68. The van der Waals surface area contributed by atoms with Crippen LogP contribution in [0.5, 0.6) is 0 Å². The van der Waals surface area contributed by atoms with Crippen molar-refractivity contribution in [3.05, 3.63) is 18.1 Å². The summed E-state index contributed by atoms with van der Waals surface area (Å²) in [6.07, 6.45) is 4.12. The van der Waals surface area contributed by atoms with Crippen molar-refractivity contribution in [2.75, 3.05) is 31.6 Å². The van der Waals surface area contributed by atoms with E-state index in [-0.39, 0.29) is 0 Å². The first-order chi connectivity index (χ1) is 9.24. The molecule has 3 rings (SSSR count). The molecular formula is C13H20N6. The van der Waals surface area contributed by atoms with Crippen molar-refractivity contribution in [2.45, 2.75) is 19.8 Å². The number of nitrogens with zero attached hydrogens (tertiary/aromatic N) is 5. The third-order valence-electron chi connectivity index (χ3n) is 3.68. The maximum absolute atomic E-state index is 4.38. The number of aromatic nitrogens is 4. The summed E-state index contributed by atoms with van der Waals surface area (Å²) < 4.78 is 1.81. The zero-order valence-corrected chi connectivity index (χ0v) is 11.5. The van der Waals surface area contributed by atoms with Gasteiger partial charge in [0.25, 0.3) is 5.78 Å². The lowest BCUT2D eigenvalue weighted by molar-refractivity contribution is 0.380. The highest BCUT2D eigenvalue weighted by molar-refractivity contribution is 5.46. The Morgan fingerprint density at radius 3 is 3.21 bits per heavy atom. The van der Waals surface area contributed by atoms with Gasteiger partial charge in [-0.3, -0.25) is 0 Å². The number of piperidine rings is 1. The molecule has 0 saturated carbocycles. The quantitative estimate of drug-likeness (QED) is 0.887. The van der Waals surface area contributed by atoms with Crippen LogP contribution in [0.25, 0.3) is 5.78 Å². The SMILES string of the molecule is Cc1cc(N(C)CC2CCCNC2)n2ncnc2n1. The number of hydrogen-bond donors (Lipinski definition) is 1. The van der Waals surface area contributed by atoms with Crippen LogP contribution in [0.1, 0.15) is 18.5 Å². The van der Waals surface area contributed by atoms with Gasteiger partial charge in [0.15, 0.2) is 0 Å². The highest BCUT2D eigenvalue weighted by atomic mass is 15.4. The van der Waals surface area contributed by atoms with Gasteiger partial charge < -0.3 is 10.2 Å². The first kappa shape index (κ1) is 12.3. The second kappa shape index (κ2) is 5.13. The molecule has 1 unspecified atom stereocenters. The monoisotopic (exact) mass is 260 g/mol. The molecule has 0 aliphatic carbocycles. The maximum Gasteiger partial charge on any atom is 0.254 e. The average Bonchev–Trinajstić information content (AvgIpc) is 2.86. The molecule has 19 heavy (non-hydrogen) atoms. The first-order valence-electron chi connectivity index (χ1n) is 6.83. The predicted molar refractivity (Wildman–Crippen MR) is 74.4 cm³/mol. The summed E-state index contributed by atoms with van der Waals surface area (Å²) in [5.74, 6) is 2.43. The molecule has 1 aliphatic heterocycles. The Bertz CT molecular complexity index is 557. The van der Waals surface area contributed by atoms with Crippen LogP contribution >= 0.6 is 0 Å². The first-order valence-corrected chi connectivity index (χ1v) is 6.83. The molecule has 1 saturated heterocycles. The van der Waals surface area contributed by atoms with Crippen LogP contribution in [0.3, 0.4) is 0 Å². The molecule has 2 aromatic rings. The van der Waals surface area contributed by atoms with Gasteiger partial charge in [0.05, 0.1) is 0 Å². The fourth-order valence-corrected chi connectivity index (χ4v) is 2.74. The van der Waals surface area contributed by atoms with E-state index in [1.807, 2.05) is 11.4 Å². The molecule has 0 aromatic carbocycles. The van der Waals surface area contributed by atoms with E-state index in [1.54, 1.807) is 6.33 Å². The zero-order valence-electron chi connectivity index (χ0n) is 11.5. The topological polar surface area (TPSA) is 58.4 Å². The van der Waals surface area contributed by atoms with E-state index in [2.05, 4.69) is 38.4 Å². The number of rotatable bonds is 3. The van der Waals surface area contributed by atoms with Crippen LogP contribution in [-0.2, 0) is 0 Å². The Morgan fingerprint density at radius 1 is 1.53 bits per heavy atom. The van der Waals surface area contributed by atoms with Crippen molar-refractivity contribution in [3.63, 3.8) is 0 Å². The van der Waals surface area contributed by atoms with E-state index in [9.17, 15) is 0 Å². The maximum atomic E-state index is 4.38. The summed E-state index contributed by atoms with van der Waals surface area (Å²) >= 11 is 0. The lowest BCUT2D eigenvalue weighted by atomic mass is 9.99. The summed E-state index contributed by atoms with van der Waals surface area (Å²) in [6, 6.07) is 2.07. The van der Waals surface area contributed by atoms with Crippen LogP contribution in [0.2, 0.25) is 0 Å². The molecule has 2 aromatic heterocycles. The van der Waals surface area contributed by atoms with Gasteiger partial charge in [-0.2, -0.15) is 14.6 Å². The summed E-state index contributed by atoms with van der Waals surface area (Å²) in [5.41, 5.74) is 0.976. The van der Waals surface area contributed by atoms with E-state index < -0.39 is 0 Å². The van der Waals surface area contributed by atoms with Crippen LogP contribution in [0.15, 0.2) is 12.4 Å². The largest absolute Gasteiger partial charge is 0.359 e. The Labute approximate surface area is 112 Å². The standard InChI is InChI=1S/C13H20N6/c1-10-6-12(19-13(17-10)15-9-16-19)18(2)8-11-4-3-5-14-7-11/h6,9,11,14H,3-5,7-8H2,1-2H3. The van der Waals surface area contributed by atoms with Gasteiger partial charge in [-0.15, -0.1) is 0 Å². The molecule has 0 amide bonds. The fourth-order valence-electron chi connectivity index (χ4n) is 2.74. The van der Waals surface area contributed by atoms with Gasteiger partial charge in [-0.1, -0.05) is 0 Å². The van der Waals surface area contributed by atoms with Gasteiger partial charge >= 0.3 is 0 Å². The lowest BCUT2D eigenvalue weighted by Crippen LogP contribution is -2.37. The number of fused-ring (bicyclic) bond motifs is 1. The van der Waals surface area contributed by atoms with Crippen molar-refractivity contribution < 1.29 is 0 Å². The third kappa shape index (κ3) is 2.53. The Morgan fingerprint density at radius 2 is 2.42 bits per heavy atom. The summed E-state index contributed by atoms with van der Waals surface area (Å²) in [7, 11) is 2.12. The van der Waals surface area contributed by atoms with Crippen molar-refractivity contribution >= 4 is 11.6 Å². The predicted octanol–water partition coefficient (Wildman–Crippen LogP) is 0.869. The molecule has 0 radical (unpaired) electrons. The number of nitrogens with one attached hydrogen (secondary N) is 1. The van der Waals surface area contributed by atoms with Gasteiger partial charge in [0.1, 0.15) is 12.1 Å². The zero-order chi connectivity index (χ0) is 13.2. The van der Waals surface area contributed by atoms with Crippen molar-refractivity contribution in [1.82, 2.24) is 24.9 Å². The second-order valence-corrected chi connectivity index (χ2v) is 5.32. The Hall–Kier alpha value is -1.69. The molecule has 102 valence electrons. The minimum Gasteiger partial charge on any atom is -0.359 e. The summed E-state index contributed by atoms with van der Waals surface area (Å²) in [5, 5.41) is 7.72. The summed E-state index contributed by atoms with van der Waals surface area (Å²) in [6.45, 7) is 5.29. The van der Waals surface area contributed by atoms with Gasteiger partial charge in [-0.05, 0) is 38.8 Å². The highest BCUT2D eigenvalue weighted by Gasteiger charge is 2.17. The molecule has 0 spiro atoms. The van der Waals surface area contributed by atoms with Crippen molar-refractivity contribution in [1.29, 1.82) is 0 Å². The Balaban J connectivity index is 1.83. The summed E-state index contributed by atoms with van der Waals surface area (Å²) in [4.78, 5) is 10.8. The molecule has 6 nitrogen and oxygen atoms in total. The lowest BCUT2D eigenvalue weighted by Gasteiger charge is -2.28. The molecular weight excluding hydrogens is 240 g/mol. The molecule has 1 fully saturated rings. The fraction of sp³-hybridized carbons (Fsp3) is 0.615. The normalized spacial score (nSPS) is 19.8. The second-order valence-electron chi connectivity index (χ2n) is 5.32. The molecule has 1 atom stereocenters. The van der Waals surface area contributed by atoms with Crippen LogP contribution in [-0.4, -0.2) is 46.3 Å².